The van der Waals surface area contributed by atoms with Crippen LogP contribution >= 0.6 is 0 Å². The van der Waals surface area contributed by atoms with Gasteiger partial charge in [0.25, 0.3) is 0 Å². The molecule has 2 saturated heterocycles. The van der Waals surface area contributed by atoms with E-state index in [1.54, 1.807) is 0 Å². The number of ether oxygens (including phenoxy) is 4. The monoisotopic (exact) mass is 794 g/mol. The highest BCUT2D eigenvalue weighted by atomic mass is 16.8. The number of hydrogen-bond acceptors (Lipinski definition) is 13. The number of aliphatic carboxylic acids is 1. The number of ketones is 1. The molecule has 19 atom stereocenters. The Labute approximate surface area is 329 Å². The van der Waals surface area contributed by atoms with Gasteiger partial charge in [-0.2, -0.15) is 0 Å². The molecule has 56 heavy (non-hydrogen) atoms. The summed E-state index contributed by atoms with van der Waals surface area (Å²) in [5.41, 5.74) is -1.32. The van der Waals surface area contributed by atoms with Crippen molar-refractivity contribution >= 4 is 11.8 Å². The fourth-order valence-electron chi connectivity index (χ4n) is 13.4. The van der Waals surface area contributed by atoms with E-state index in [0.29, 0.717) is 25.7 Å². The number of carboxylic acids is 1. The van der Waals surface area contributed by atoms with Crippen LogP contribution in [0.25, 0.3) is 0 Å². The highest BCUT2D eigenvalue weighted by molar-refractivity contribution is 5.95. The van der Waals surface area contributed by atoms with Gasteiger partial charge in [-0.1, -0.05) is 47.1 Å². The first-order valence-electron chi connectivity index (χ1n) is 20.8. The number of hydrogen-bond donors (Lipinski definition) is 8. The zero-order valence-corrected chi connectivity index (χ0v) is 34.0. The van der Waals surface area contributed by atoms with Gasteiger partial charge < -0.3 is 59.8 Å². The highest BCUT2D eigenvalue weighted by Crippen LogP contribution is 2.75. The summed E-state index contributed by atoms with van der Waals surface area (Å²) in [4.78, 5) is 27.3. The third-order valence-electron chi connectivity index (χ3n) is 17.3. The highest BCUT2D eigenvalue weighted by Gasteiger charge is 2.70. The van der Waals surface area contributed by atoms with E-state index < -0.39 is 103 Å². The summed E-state index contributed by atoms with van der Waals surface area (Å²) in [6.07, 6.45) is -7.28. The minimum Gasteiger partial charge on any atom is -0.481 e. The van der Waals surface area contributed by atoms with Crippen molar-refractivity contribution in [2.75, 3.05) is 13.2 Å². The summed E-state index contributed by atoms with van der Waals surface area (Å²) in [5, 5.41) is 83.6. The molecule has 14 heteroatoms. The van der Waals surface area contributed by atoms with Crippen LogP contribution in [-0.4, -0.2) is 133 Å². The van der Waals surface area contributed by atoms with Crippen LogP contribution in [0.4, 0.5) is 0 Å². The topological polar surface area (TPSA) is 233 Å². The summed E-state index contributed by atoms with van der Waals surface area (Å²) in [6, 6.07) is 0. The average Bonchev–Trinajstić information content (AvgIpc) is 3.13. The summed E-state index contributed by atoms with van der Waals surface area (Å²) >= 11 is 0. The Balaban J connectivity index is 1.16. The van der Waals surface area contributed by atoms with Crippen molar-refractivity contribution in [1.29, 1.82) is 0 Å². The number of rotatable bonds is 7. The molecule has 0 spiro atoms. The van der Waals surface area contributed by atoms with E-state index in [2.05, 4.69) is 41.5 Å². The molecule has 0 aromatic heterocycles. The third kappa shape index (κ3) is 6.13. The summed E-state index contributed by atoms with van der Waals surface area (Å²) in [7, 11) is 0. The Bertz CT molecular complexity index is 1570. The molecule has 4 saturated carbocycles. The lowest BCUT2D eigenvalue weighted by Crippen LogP contribution is -2.68. The minimum atomic E-state index is -1.78. The van der Waals surface area contributed by atoms with Gasteiger partial charge in [0, 0.05) is 5.92 Å². The van der Waals surface area contributed by atoms with Crippen LogP contribution in [0.5, 0.6) is 0 Å². The van der Waals surface area contributed by atoms with Crippen molar-refractivity contribution in [2.24, 2.45) is 50.2 Å². The minimum absolute atomic E-state index is 0.0192. The van der Waals surface area contributed by atoms with E-state index in [1.165, 1.54) is 0 Å². The second-order valence-electron chi connectivity index (χ2n) is 20.5. The summed E-state index contributed by atoms with van der Waals surface area (Å²) in [5.74, 6) is -0.873. The number of carbonyl (C=O) groups is 2. The van der Waals surface area contributed by atoms with E-state index in [-0.39, 0.29) is 39.8 Å². The average molecular weight is 795 g/mol. The van der Waals surface area contributed by atoms with Crippen LogP contribution in [0.15, 0.2) is 11.6 Å². The molecule has 7 rings (SSSR count). The van der Waals surface area contributed by atoms with Crippen LogP contribution in [0.1, 0.15) is 106 Å². The van der Waals surface area contributed by atoms with Gasteiger partial charge >= 0.3 is 5.97 Å². The van der Waals surface area contributed by atoms with Gasteiger partial charge in [0.1, 0.15) is 48.8 Å². The first-order valence-corrected chi connectivity index (χ1v) is 20.8. The molecule has 0 aromatic carbocycles. The van der Waals surface area contributed by atoms with Crippen molar-refractivity contribution in [3.05, 3.63) is 11.6 Å². The van der Waals surface area contributed by atoms with Crippen LogP contribution < -0.4 is 0 Å². The van der Waals surface area contributed by atoms with Gasteiger partial charge in [0.05, 0.1) is 24.7 Å². The van der Waals surface area contributed by atoms with Crippen LogP contribution in [0.2, 0.25) is 0 Å². The van der Waals surface area contributed by atoms with Gasteiger partial charge in [-0.3, -0.25) is 9.59 Å². The fourth-order valence-corrected chi connectivity index (χ4v) is 13.4. The lowest BCUT2D eigenvalue weighted by Gasteiger charge is -2.70. The maximum absolute atomic E-state index is 14.8. The lowest BCUT2D eigenvalue weighted by atomic mass is 9.33. The van der Waals surface area contributed by atoms with Crippen LogP contribution in [-0.2, 0) is 28.5 Å². The smallest absolute Gasteiger partial charge is 0.309 e. The first kappa shape index (κ1) is 42.6. The lowest BCUT2D eigenvalue weighted by molar-refractivity contribution is -0.378. The Kier molecular flexibility index (Phi) is 10.9. The van der Waals surface area contributed by atoms with E-state index in [1.807, 2.05) is 13.0 Å². The summed E-state index contributed by atoms with van der Waals surface area (Å²) in [6.45, 7) is 13.9. The predicted octanol–water partition coefficient (Wildman–Crippen LogP) is 2.06. The molecule has 6 fully saturated rings. The van der Waals surface area contributed by atoms with Gasteiger partial charge in [-0.25, -0.2) is 0 Å². The van der Waals surface area contributed by atoms with E-state index in [9.17, 15) is 50.4 Å². The molecule has 2 heterocycles. The van der Waals surface area contributed by atoms with Crippen molar-refractivity contribution in [3.63, 3.8) is 0 Å². The first-order chi connectivity index (χ1) is 26.0. The van der Waals surface area contributed by atoms with Gasteiger partial charge in [-0.15, -0.1) is 0 Å². The maximum Gasteiger partial charge on any atom is 0.309 e. The number of carbonyl (C=O) groups excluding carboxylic acids is 1. The Morgan fingerprint density at radius 2 is 1.36 bits per heavy atom. The molecule has 14 nitrogen and oxygen atoms in total. The molecule has 2 aliphatic heterocycles. The molecule has 318 valence electrons. The Hall–Kier alpha value is -1.56. The van der Waals surface area contributed by atoms with E-state index >= 15 is 0 Å². The predicted molar refractivity (Wildman–Crippen MR) is 198 cm³/mol. The number of allylic oxidation sites excluding steroid dienone is 2. The number of aliphatic hydroxyl groups is 7. The normalized spacial score (nSPS) is 54.2. The zero-order chi connectivity index (χ0) is 41.1. The van der Waals surface area contributed by atoms with E-state index in [0.717, 1.165) is 37.7 Å². The van der Waals surface area contributed by atoms with Crippen molar-refractivity contribution in [1.82, 2.24) is 0 Å². The van der Waals surface area contributed by atoms with E-state index in [4.69, 9.17) is 18.9 Å². The Morgan fingerprint density at radius 3 is 1.98 bits per heavy atom. The number of aliphatic hydroxyl groups excluding tert-OH is 7. The zero-order valence-electron chi connectivity index (χ0n) is 34.0. The van der Waals surface area contributed by atoms with Crippen molar-refractivity contribution in [3.8, 4) is 0 Å². The Morgan fingerprint density at radius 1 is 0.750 bits per heavy atom. The summed E-state index contributed by atoms with van der Waals surface area (Å²) < 4.78 is 24.3. The molecule has 8 N–H and O–H groups in total. The number of carboxylic acid groups (broad SMARTS) is 1. The second-order valence-corrected chi connectivity index (χ2v) is 20.5. The molecule has 0 unspecified atom stereocenters. The largest absolute Gasteiger partial charge is 0.481 e. The maximum atomic E-state index is 14.8. The molecule has 5 aliphatic carbocycles. The third-order valence-corrected chi connectivity index (χ3v) is 17.3. The molecule has 0 radical (unpaired) electrons. The molecule has 0 aromatic rings. The van der Waals surface area contributed by atoms with Crippen LogP contribution in [0.3, 0.4) is 0 Å². The van der Waals surface area contributed by atoms with Gasteiger partial charge in [-0.05, 0) is 110 Å². The molecule has 7 aliphatic rings. The molecule has 0 bridgehead atoms. The SMILES string of the molecule is CC1(C)[C@@H](O[C@H]2O[C@H](CO)[C@@H](O)[C@H](O)[C@H]2O[C@@H]2O[C@H](CO)[C@@H](O)[C@H](O)[C@H]2O)CC[C@]2(C)[C@H]3C(=O)C=C4[C@@H]5C[C@@](C)(C(=O)O)CC[C@]5(C)CC[C@@]4(C)[C@]3(C)CC[C@@H]12. The molecule has 0 amide bonds. The van der Waals surface area contributed by atoms with Crippen molar-refractivity contribution < 1.29 is 69.4 Å². The van der Waals surface area contributed by atoms with Gasteiger partial charge in [0.2, 0.25) is 0 Å². The molecular weight excluding hydrogens is 728 g/mol. The fraction of sp³-hybridized carbons (Fsp3) is 0.905. The quantitative estimate of drug-likeness (QED) is 0.173. The number of fused-ring (bicyclic) bond motifs is 7. The van der Waals surface area contributed by atoms with Crippen LogP contribution in [0, 0.1) is 50.2 Å². The standard InChI is InChI=1S/C42H66O14/c1-37(2)25-8-11-42(7)33(22(45)16-20-21-17-39(4,36(51)52)13-12-38(21,3)14-15-41(20,42)6)40(25,5)10-9-26(37)55-35-32(30(49)28(47)24(19-44)54-35)56-34-31(50)29(48)27(46)23(18-43)53-34/h16,21,23-35,43-44,46-50H,8-15,17-19H2,1-7H3,(H,51,52)/t21-,23+,24+,25-,26-,27+,28+,29-,30-,31+,32+,33+,34-,35+,38+,39-,40-,41+,42+/m0/s1. The van der Waals surface area contributed by atoms with Crippen molar-refractivity contribution in [2.45, 2.75) is 174 Å². The van der Waals surface area contributed by atoms with Gasteiger partial charge in [0.15, 0.2) is 18.4 Å². The second kappa shape index (κ2) is 14.3. The molecular formula is C42H66O14.